The van der Waals surface area contributed by atoms with Crippen LogP contribution >= 0.6 is 23.2 Å². The van der Waals surface area contributed by atoms with Crippen LogP contribution in [0.4, 0.5) is 17.3 Å². The quantitative estimate of drug-likeness (QED) is 0.0638. The first-order chi connectivity index (χ1) is 16.4. The lowest BCUT2D eigenvalue weighted by Gasteiger charge is -2.40. The highest BCUT2D eigenvalue weighted by Crippen LogP contribution is 2.30. The van der Waals surface area contributed by atoms with Gasteiger partial charge >= 0.3 is 29.6 Å². The second-order valence-corrected chi connectivity index (χ2v) is 8.89. The summed E-state index contributed by atoms with van der Waals surface area (Å²) in [5.74, 6) is 0. The number of rotatable bonds is 0. The summed E-state index contributed by atoms with van der Waals surface area (Å²) in [4.78, 5) is 9.54. The lowest BCUT2D eigenvalue weighted by molar-refractivity contribution is 0.112. The maximum atomic E-state index is 10.1. The van der Waals surface area contributed by atoms with Crippen molar-refractivity contribution in [2.45, 2.75) is 17.3 Å². The second-order valence-electron chi connectivity index (χ2n) is 7.45. The monoisotopic (exact) mass is 578 g/mol. The second kappa shape index (κ2) is 24.1. The lowest BCUT2D eigenvalue weighted by atomic mass is 10.2. The van der Waals surface area contributed by atoms with Gasteiger partial charge in [-0.15, -0.1) is 0 Å². The third kappa shape index (κ3) is 34.1. The van der Waals surface area contributed by atoms with E-state index in [1.165, 1.54) is 13.0 Å². The van der Waals surface area contributed by atoms with E-state index >= 15 is 0 Å². The van der Waals surface area contributed by atoms with Gasteiger partial charge in [0, 0.05) is 52.2 Å². The van der Waals surface area contributed by atoms with Gasteiger partial charge in [-0.05, 0) is 33.6 Å². The van der Waals surface area contributed by atoms with Gasteiger partial charge in [0.05, 0.1) is 0 Å². The van der Waals surface area contributed by atoms with Crippen molar-refractivity contribution in [2.24, 2.45) is 0 Å². The molecule has 2 aliphatic rings. The summed E-state index contributed by atoms with van der Waals surface area (Å²) in [7, 11) is -6.32. The molecule has 2 bridgehead atoms. The molecule has 36 heavy (non-hydrogen) atoms. The molecule has 0 amide bonds. The molecule has 2 atom stereocenters. The average molecular weight is 579 g/mol. The van der Waals surface area contributed by atoms with E-state index in [9.17, 15) is 17.3 Å². The van der Waals surface area contributed by atoms with E-state index in [4.69, 9.17) is 63.4 Å². The Labute approximate surface area is 220 Å². The van der Waals surface area contributed by atoms with Crippen molar-refractivity contribution in [2.75, 3.05) is 73.0 Å². The molecule has 2 fully saturated rings. The molecule has 12 nitrogen and oxygen atoms in total. The van der Waals surface area contributed by atoms with Crippen molar-refractivity contribution in [3.63, 3.8) is 0 Å². The minimum atomic E-state index is -2.67. The number of hydrogen-bond acceptors (Lipinski definition) is 12. The fourth-order valence-electron chi connectivity index (χ4n) is 2.91. The molecule has 8 N–H and O–H groups in total. The molecule has 22 heteroatoms. The molecule has 0 radical (unpaired) electrons. The molecule has 2 aliphatic heterocycles. The summed E-state index contributed by atoms with van der Waals surface area (Å²) in [6.45, 7) is 9.53. The van der Waals surface area contributed by atoms with Crippen LogP contribution in [0.2, 0.25) is 0 Å². The fraction of sp³-hybridized carbons (Fsp3) is 1.00. The molecule has 2 saturated heterocycles. The summed E-state index contributed by atoms with van der Waals surface area (Å²) in [5, 5.41) is 55.6. The SMILES string of the molecule is CN1CCCN2CCN(C)CCC(Cl)(Cl)N(CC1)CC2.OB(O)F.OB(O)F.OB(O)F.OB(O)F. The van der Waals surface area contributed by atoms with Crippen molar-refractivity contribution in [1.82, 2.24) is 19.6 Å². The molecule has 0 spiro atoms. The summed E-state index contributed by atoms with van der Waals surface area (Å²) in [5.41, 5.74) is 0. The molecule has 2 unspecified atom stereocenters. The average Bonchev–Trinajstić information content (AvgIpc) is 2.67. The first kappa shape index (κ1) is 40.6. The van der Waals surface area contributed by atoms with E-state index in [-0.39, 0.29) is 0 Å². The highest BCUT2D eigenvalue weighted by molar-refractivity contribution is 6.48. The van der Waals surface area contributed by atoms with Crippen LogP contribution in [0.15, 0.2) is 0 Å². The van der Waals surface area contributed by atoms with Gasteiger partial charge in [0.25, 0.3) is 0 Å². The molecular formula is C14H36B4Cl2F4N4O8. The Kier molecular flexibility index (Phi) is 27.2. The van der Waals surface area contributed by atoms with Crippen LogP contribution in [-0.4, -0.2) is 167 Å². The lowest BCUT2D eigenvalue weighted by Crippen LogP contribution is -2.51. The van der Waals surface area contributed by atoms with Gasteiger partial charge in [-0.3, -0.25) is 22.2 Å². The summed E-state index contributed by atoms with van der Waals surface area (Å²) >= 11 is 13.3. The van der Waals surface area contributed by atoms with E-state index in [0.717, 1.165) is 58.8 Å². The van der Waals surface area contributed by atoms with E-state index < -0.39 is 34.0 Å². The number of alkyl halides is 2. The number of fused-ring (bicyclic) bond motifs is 3. The maximum absolute atomic E-state index is 10.1. The number of likely N-dealkylation sites (N-methyl/N-ethyl adjacent to an activating group) is 2. The molecule has 0 aromatic carbocycles. The van der Waals surface area contributed by atoms with Crippen LogP contribution in [-0.2, 0) is 0 Å². The van der Waals surface area contributed by atoms with Crippen LogP contribution in [0.3, 0.4) is 0 Å². The number of nitrogens with zero attached hydrogens (tertiary/aromatic N) is 4. The van der Waals surface area contributed by atoms with Crippen LogP contribution < -0.4 is 0 Å². The highest BCUT2D eigenvalue weighted by Gasteiger charge is 2.33. The minimum Gasteiger partial charge on any atom is -0.398 e. The van der Waals surface area contributed by atoms with Crippen LogP contribution in [0.5, 0.6) is 0 Å². The minimum absolute atomic E-state index is 0.739. The first-order valence-corrected chi connectivity index (χ1v) is 11.4. The van der Waals surface area contributed by atoms with Crippen molar-refractivity contribution in [1.29, 1.82) is 0 Å². The molecule has 0 saturated carbocycles. The molecular weight excluding hydrogens is 542 g/mol. The van der Waals surface area contributed by atoms with Crippen molar-refractivity contribution in [3.05, 3.63) is 0 Å². The van der Waals surface area contributed by atoms with Crippen LogP contribution in [0.25, 0.3) is 0 Å². The predicted molar refractivity (Wildman–Crippen MR) is 132 cm³/mol. The Hall–Kier alpha value is 0.0797. The summed E-state index contributed by atoms with van der Waals surface area (Å²) in [6.07, 6.45) is 2.05. The van der Waals surface area contributed by atoms with Gasteiger partial charge in [-0.2, -0.15) is 0 Å². The van der Waals surface area contributed by atoms with Crippen molar-refractivity contribution in [3.8, 4) is 0 Å². The molecule has 2 rings (SSSR count). The third-order valence-electron chi connectivity index (χ3n) is 4.51. The Morgan fingerprint density at radius 3 is 1.33 bits per heavy atom. The highest BCUT2D eigenvalue weighted by atomic mass is 35.5. The van der Waals surface area contributed by atoms with Crippen molar-refractivity contribution >= 4 is 52.8 Å². The zero-order valence-electron chi connectivity index (χ0n) is 20.2. The van der Waals surface area contributed by atoms with E-state index in [2.05, 4.69) is 33.7 Å². The molecule has 2 heterocycles. The zero-order valence-corrected chi connectivity index (χ0v) is 21.7. The van der Waals surface area contributed by atoms with Gasteiger partial charge in [0.1, 0.15) is 0 Å². The number of hydrogen-bond donors (Lipinski definition) is 8. The van der Waals surface area contributed by atoms with Crippen LogP contribution in [0, 0.1) is 0 Å². The molecule has 0 aromatic heterocycles. The standard InChI is InChI=1S/C14H28Cl2N4.4BFH2O2/c1-17-5-3-6-19-10-8-18(2)7-4-14(15,16)20(12-9-17)13-11-19;4*2-1(3)4/h3-13H2,1-2H3;4*3-4H. The summed E-state index contributed by atoms with van der Waals surface area (Å²) < 4.78 is 39.7. The predicted octanol–water partition coefficient (Wildman–Crippen LogP) is -2.91. The van der Waals surface area contributed by atoms with E-state index in [1.807, 2.05) is 0 Å². The Bertz CT molecular complexity index is 475. The largest absolute Gasteiger partial charge is 0.674 e. The molecule has 214 valence electrons. The Morgan fingerprint density at radius 2 is 0.889 bits per heavy atom. The van der Waals surface area contributed by atoms with Gasteiger partial charge in [-0.25, -0.2) is 0 Å². The van der Waals surface area contributed by atoms with Crippen LogP contribution in [0.1, 0.15) is 12.8 Å². The van der Waals surface area contributed by atoms with Crippen molar-refractivity contribution < 1.29 is 57.5 Å². The third-order valence-corrected chi connectivity index (χ3v) is 5.36. The van der Waals surface area contributed by atoms with Gasteiger partial charge in [0.2, 0.25) is 0 Å². The normalized spacial score (nSPS) is 22.3. The molecule has 0 aromatic rings. The zero-order chi connectivity index (χ0) is 28.9. The Balaban J connectivity index is -0.000000557. The van der Waals surface area contributed by atoms with E-state index in [0.29, 0.717) is 0 Å². The first-order valence-electron chi connectivity index (χ1n) is 10.6. The smallest absolute Gasteiger partial charge is 0.398 e. The van der Waals surface area contributed by atoms with E-state index in [1.54, 1.807) is 0 Å². The van der Waals surface area contributed by atoms with Gasteiger partial charge in [-0.1, -0.05) is 23.2 Å². The van der Waals surface area contributed by atoms with Gasteiger partial charge in [0.15, 0.2) is 4.46 Å². The fourth-order valence-corrected chi connectivity index (χ4v) is 3.42. The summed E-state index contributed by atoms with van der Waals surface area (Å²) in [6, 6.07) is 0. The topological polar surface area (TPSA) is 175 Å². The number of halogens is 6. The van der Waals surface area contributed by atoms with Gasteiger partial charge < -0.3 is 54.9 Å². The Morgan fingerprint density at radius 1 is 0.556 bits per heavy atom. The molecule has 0 aliphatic carbocycles. The maximum Gasteiger partial charge on any atom is 0.674 e.